The molecular weight excluding hydrogens is 292 g/mol. The summed E-state index contributed by atoms with van der Waals surface area (Å²) in [5.41, 5.74) is 3.87. The third kappa shape index (κ3) is 4.63. The van der Waals surface area contributed by atoms with Crippen LogP contribution in [0, 0.1) is 5.92 Å². The van der Waals surface area contributed by atoms with Crippen molar-refractivity contribution in [3.05, 3.63) is 65.3 Å². The quantitative estimate of drug-likeness (QED) is 0.654. The van der Waals surface area contributed by atoms with E-state index in [0.29, 0.717) is 11.7 Å². The Morgan fingerprint density at radius 1 is 1.00 bits per heavy atom. The number of hydrogen-bond acceptors (Lipinski definition) is 1. The highest BCUT2D eigenvalue weighted by Gasteiger charge is 2.25. The Balaban J connectivity index is 2.40. The van der Waals surface area contributed by atoms with Gasteiger partial charge in [-0.15, -0.1) is 0 Å². The Kier molecular flexibility index (Phi) is 5.42. The molecule has 0 amide bonds. The van der Waals surface area contributed by atoms with Gasteiger partial charge in [0.25, 0.3) is 0 Å². The van der Waals surface area contributed by atoms with E-state index in [9.17, 15) is 5.11 Å². The molecule has 0 radical (unpaired) electrons. The summed E-state index contributed by atoms with van der Waals surface area (Å²) in [5, 5.41) is 10.2. The molecule has 1 unspecified atom stereocenters. The molecule has 1 aliphatic rings. The van der Waals surface area contributed by atoms with Gasteiger partial charge in [-0.05, 0) is 58.4 Å². The van der Waals surface area contributed by atoms with Crippen LogP contribution in [-0.4, -0.2) is 5.11 Å². The van der Waals surface area contributed by atoms with Gasteiger partial charge in [-0.3, -0.25) is 0 Å². The molecule has 1 aromatic rings. The van der Waals surface area contributed by atoms with Crippen molar-refractivity contribution in [1.82, 2.24) is 0 Å². The first-order valence-electron chi connectivity index (χ1n) is 8.96. The number of phenols is 1. The third-order valence-electron chi connectivity index (χ3n) is 4.57. The SMILES string of the molecule is CC(C)(C)c1cc(O)cc(C(C)(C)C)c1CC=CC1C=CC=CC1. The van der Waals surface area contributed by atoms with Crippen molar-refractivity contribution in [2.24, 2.45) is 5.92 Å². The minimum Gasteiger partial charge on any atom is -0.508 e. The van der Waals surface area contributed by atoms with Crippen LogP contribution in [0.5, 0.6) is 5.75 Å². The number of benzene rings is 1. The first-order valence-corrected chi connectivity index (χ1v) is 8.96. The summed E-state index contributed by atoms with van der Waals surface area (Å²) >= 11 is 0. The maximum Gasteiger partial charge on any atom is 0.116 e. The predicted molar refractivity (Wildman–Crippen MR) is 105 cm³/mol. The lowest BCUT2D eigenvalue weighted by molar-refractivity contribution is 0.464. The Bertz CT molecular complexity index is 625. The average Bonchev–Trinajstić information content (AvgIpc) is 2.47. The van der Waals surface area contributed by atoms with Crippen molar-refractivity contribution < 1.29 is 5.11 Å². The molecule has 1 aromatic carbocycles. The fourth-order valence-electron chi connectivity index (χ4n) is 3.32. The minimum absolute atomic E-state index is 0.00932. The van der Waals surface area contributed by atoms with Gasteiger partial charge >= 0.3 is 0 Å². The summed E-state index contributed by atoms with van der Waals surface area (Å²) in [6.45, 7) is 13.3. The zero-order valence-electron chi connectivity index (χ0n) is 16.1. The second-order valence-corrected chi connectivity index (χ2v) is 8.86. The molecular formula is C23H32O. The zero-order valence-corrected chi connectivity index (χ0v) is 16.1. The molecule has 0 bridgehead atoms. The van der Waals surface area contributed by atoms with Crippen molar-refractivity contribution in [1.29, 1.82) is 0 Å². The highest BCUT2D eigenvalue weighted by molar-refractivity contribution is 5.48. The molecule has 0 fully saturated rings. The predicted octanol–water partition coefficient (Wildman–Crippen LogP) is 6.22. The van der Waals surface area contributed by atoms with Crippen LogP contribution in [0.1, 0.15) is 64.7 Å². The van der Waals surface area contributed by atoms with Gasteiger partial charge in [-0.2, -0.15) is 0 Å². The normalized spacial score (nSPS) is 18.5. The van der Waals surface area contributed by atoms with Crippen LogP contribution >= 0.6 is 0 Å². The molecule has 0 spiro atoms. The van der Waals surface area contributed by atoms with Crippen molar-refractivity contribution in [3.63, 3.8) is 0 Å². The number of allylic oxidation sites excluding steroid dienone is 6. The van der Waals surface area contributed by atoms with Crippen molar-refractivity contribution >= 4 is 0 Å². The van der Waals surface area contributed by atoms with Crippen LogP contribution in [0.2, 0.25) is 0 Å². The topological polar surface area (TPSA) is 20.2 Å². The van der Waals surface area contributed by atoms with E-state index in [1.807, 2.05) is 12.1 Å². The van der Waals surface area contributed by atoms with E-state index >= 15 is 0 Å². The fraction of sp³-hybridized carbons (Fsp3) is 0.478. The molecule has 2 rings (SSSR count). The Morgan fingerprint density at radius 2 is 1.58 bits per heavy atom. The van der Waals surface area contributed by atoms with Crippen molar-refractivity contribution in [2.75, 3.05) is 0 Å². The molecule has 1 atom stereocenters. The maximum atomic E-state index is 10.2. The summed E-state index contributed by atoms with van der Waals surface area (Å²) in [6, 6.07) is 3.89. The molecule has 0 aromatic heterocycles. The van der Waals surface area contributed by atoms with Gasteiger partial charge in [0, 0.05) is 0 Å². The van der Waals surface area contributed by atoms with Gasteiger partial charge in [-0.1, -0.05) is 78.0 Å². The number of rotatable bonds is 3. The molecule has 24 heavy (non-hydrogen) atoms. The molecule has 0 saturated carbocycles. The van der Waals surface area contributed by atoms with Gasteiger partial charge in [0.05, 0.1) is 0 Å². The van der Waals surface area contributed by atoms with Crippen molar-refractivity contribution in [3.8, 4) is 5.75 Å². The lowest BCUT2D eigenvalue weighted by Crippen LogP contribution is -2.21. The first kappa shape index (κ1) is 18.6. The van der Waals surface area contributed by atoms with Crippen LogP contribution in [-0.2, 0) is 17.3 Å². The van der Waals surface area contributed by atoms with E-state index in [2.05, 4.69) is 78.0 Å². The van der Waals surface area contributed by atoms with E-state index in [0.717, 1.165) is 12.8 Å². The lowest BCUT2D eigenvalue weighted by Gasteiger charge is -2.30. The summed E-state index contributed by atoms with van der Waals surface area (Å²) < 4.78 is 0. The van der Waals surface area contributed by atoms with E-state index in [-0.39, 0.29) is 10.8 Å². The van der Waals surface area contributed by atoms with Crippen LogP contribution in [0.25, 0.3) is 0 Å². The minimum atomic E-state index is 0.00932. The molecule has 130 valence electrons. The summed E-state index contributed by atoms with van der Waals surface area (Å²) in [5.74, 6) is 0.876. The Morgan fingerprint density at radius 3 is 2.04 bits per heavy atom. The molecule has 1 nitrogen and oxygen atoms in total. The molecule has 1 N–H and O–H groups in total. The van der Waals surface area contributed by atoms with Crippen LogP contribution in [0.3, 0.4) is 0 Å². The van der Waals surface area contributed by atoms with Crippen LogP contribution in [0.15, 0.2) is 48.6 Å². The third-order valence-corrected chi connectivity index (χ3v) is 4.57. The Labute approximate surface area is 147 Å². The Hall–Kier alpha value is -1.76. The number of aromatic hydroxyl groups is 1. The number of phenolic OH excluding ortho intramolecular Hbond substituents is 1. The summed E-state index contributed by atoms with van der Waals surface area (Å²) in [7, 11) is 0. The van der Waals surface area contributed by atoms with Gasteiger partial charge in [0.2, 0.25) is 0 Å². The average molecular weight is 325 g/mol. The summed E-state index contributed by atoms with van der Waals surface area (Å²) in [4.78, 5) is 0. The maximum absolute atomic E-state index is 10.2. The van der Waals surface area contributed by atoms with Gasteiger partial charge in [0.15, 0.2) is 0 Å². The first-order chi connectivity index (χ1) is 11.1. The highest BCUT2D eigenvalue weighted by atomic mass is 16.3. The van der Waals surface area contributed by atoms with Crippen LogP contribution < -0.4 is 0 Å². The molecule has 0 heterocycles. The lowest BCUT2D eigenvalue weighted by atomic mass is 9.75. The standard InChI is InChI=1S/C23H32O/c1-22(2,3)20-15-18(24)16-21(23(4,5)6)19(20)14-10-13-17-11-8-7-9-12-17/h7-11,13,15-17,24H,12,14H2,1-6H3. The number of hydrogen-bond donors (Lipinski definition) is 1. The summed E-state index contributed by atoms with van der Waals surface area (Å²) in [6.07, 6.45) is 15.3. The fourth-order valence-corrected chi connectivity index (χ4v) is 3.32. The van der Waals surface area contributed by atoms with Crippen molar-refractivity contribution in [2.45, 2.75) is 65.2 Å². The smallest absolute Gasteiger partial charge is 0.116 e. The van der Waals surface area contributed by atoms with E-state index in [1.54, 1.807) is 0 Å². The van der Waals surface area contributed by atoms with E-state index in [1.165, 1.54) is 16.7 Å². The molecule has 1 heteroatoms. The molecule has 0 saturated heterocycles. The van der Waals surface area contributed by atoms with E-state index < -0.39 is 0 Å². The molecule has 0 aliphatic heterocycles. The van der Waals surface area contributed by atoms with E-state index in [4.69, 9.17) is 0 Å². The van der Waals surface area contributed by atoms with Gasteiger partial charge in [-0.25, -0.2) is 0 Å². The largest absolute Gasteiger partial charge is 0.508 e. The van der Waals surface area contributed by atoms with Crippen LogP contribution in [0.4, 0.5) is 0 Å². The highest BCUT2D eigenvalue weighted by Crippen LogP contribution is 2.37. The monoisotopic (exact) mass is 324 g/mol. The van der Waals surface area contributed by atoms with Gasteiger partial charge < -0.3 is 5.11 Å². The zero-order chi connectivity index (χ0) is 18.0. The second kappa shape index (κ2) is 7.01. The van der Waals surface area contributed by atoms with Gasteiger partial charge in [0.1, 0.15) is 5.75 Å². The second-order valence-electron chi connectivity index (χ2n) is 8.86. The molecule has 1 aliphatic carbocycles.